The molecule has 0 saturated carbocycles. The summed E-state index contributed by atoms with van der Waals surface area (Å²) in [5, 5.41) is 12.2. The van der Waals surface area contributed by atoms with E-state index in [1.54, 1.807) is 0 Å². The largest absolute Gasteiger partial charge is 0.416 e. The number of fused-ring (bicyclic) bond motifs is 2. The maximum atomic E-state index is 6.15. The fourth-order valence-corrected chi connectivity index (χ4v) is 4.03. The molecule has 2 heterocycles. The number of aromatic nitrogens is 3. The van der Waals surface area contributed by atoms with Crippen LogP contribution in [0, 0.1) is 0 Å². The lowest BCUT2D eigenvalue weighted by Crippen LogP contribution is -1.85. The Hall–Kier alpha value is -4.18. The maximum Gasteiger partial charge on any atom is 0.250 e. The highest BCUT2D eigenvalue weighted by molar-refractivity contribution is 6.07. The molecule has 142 valence electrons. The first-order chi connectivity index (χ1) is 14.9. The molecule has 0 aliphatic carbocycles. The van der Waals surface area contributed by atoms with Gasteiger partial charge in [-0.2, -0.15) is 0 Å². The second kappa shape index (κ2) is 6.71. The van der Waals surface area contributed by atoms with Crippen LogP contribution in [-0.2, 0) is 0 Å². The number of H-pyrrole nitrogens is 1. The zero-order valence-corrected chi connectivity index (χ0v) is 16.0. The minimum absolute atomic E-state index is 0.509. The van der Waals surface area contributed by atoms with Crippen LogP contribution in [0.2, 0.25) is 0 Å². The number of hydrogen-bond donors (Lipinski definition) is 1. The molecule has 6 rings (SSSR count). The summed E-state index contributed by atoms with van der Waals surface area (Å²) in [6.45, 7) is 0. The van der Waals surface area contributed by atoms with Gasteiger partial charge < -0.3 is 9.40 Å². The van der Waals surface area contributed by atoms with Crippen molar-refractivity contribution in [1.29, 1.82) is 0 Å². The van der Waals surface area contributed by atoms with Crippen molar-refractivity contribution in [2.24, 2.45) is 0 Å². The van der Waals surface area contributed by atoms with Crippen LogP contribution in [0.25, 0.3) is 55.8 Å². The molecule has 4 aromatic carbocycles. The number of nitrogens with zero attached hydrogens (tertiary/aromatic N) is 2. The van der Waals surface area contributed by atoms with E-state index >= 15 is 0 Å². The normalized spacial score (nSPS) is 11.3. The zero-order valence-electron chi connectivity index (χ0n) is 16.0. The Kier molecular flexibility index (Phi) is 3.74. The van der Waals surface area contributed by atoms with Gasteiger partial charge in [0.2, 0.25) is 5.89 Å². The van der Waals surface area contributed by atoms with Crippen LogP contribution < -0.4 is 0 Å². The Morgan fingerprint density at radius 1 is 0.600 bits per heavy atom. The SMILES string of the molecule is c1ccc(-c2nnc(-c3c(-c4cccc5ccccc45)[nH]c4ccccc34)o2)cc1. The summed E-state index contributed by atoms with van der Waals surface area (Å²) >= 11 is 0. The third kappa shape index (κ3) is 2.62. The summed E-state index contributed by atoms with van der Waals surface area (Å²) in [6.07, 6.45) is 0. The lowest BCUT2D eigenvalue weighted by molar-refractivity contribution is 0.585. The molecule has 4 nitrogen and oxygen atoms in total. The van der Waals surface area contributed by atoms with Crippen LogP contribution in [0.1, 0.15) is 0 Å². The van der Waals surface area contributed by atoms with E-state index in [4.69, 9.17) is 4.42 Å². The molecule has 1 N–H and O–H groups in total. The van der Waals surface area contributed by atoms with Gasteiger partial charge in [-0.3, -0.25) is 0 Å². The number of aromatic amines is 1. The first-order valence-corrected chi connectivity index (χ1v) is 9.86. The van der Waals surface area contributed by atoms with Crippen molar-refractivity contribution >= 4 is 21.7 Å². The van der Waals surface area contributed by atoms with Crippen molar-refractivity contribution < 1.29 is 4.42 Å². The molecule has 0 aliphatic rings. The summed E-state index contributed by atoms with van der Waals surface area (Å²) in [5.74, 6) is 1.02. The second-order valence-electron chi connectivity index (χ2n) is 7.23. The summed E-state index contributed by atoms with van der Waals surface area (Å²) in [5.41, 5.74) is 4.96. The molecule has 0 bridgehead atoms. The van der Waals surface area contributed by atoms with Crippen LogP contribution in [0.5, 0.6) is 0 Å². The quantitative estimate of drug-likeness (QED) is 0.367. The van der Waals surface area contributed by atoms with Crippen molar-refractivity contribution in [3.8, 4) is 34.2 Å². The Morgan fingerprint density at radius 2 is 1.30 bits per heavy atom. The van der Waals surface area contributed by atoms with Crippen molar-refractivity contribution in [3.63, 3.8) is 0 Å². The van der Waals surface area contributed by atoms with Gasteiger partial charge in [-0.25, -0.2) is 0 Å². The first kappa shape index (κ1) is 16.7. The second-order valence-corrected chi connectivity index (χ2v) is 7.23. The van der Waals surface area contributed by atoms with E-state index in [0.717, 1.165) is 33.3 Å². The Morgan fingerprint density at radius 3 is 2.20 bits per heavy atom. The van der Waals surface area contributed by atoms with E-state index in [1.165, 1.54) is 10.8 Å². The fraction of sp³-hybridized carbons (Fsp3) is 0. The summed E-state index contributed by atoms with van der Waals surface area (Å²) < 4.78 is 6.15. The molecule has 0 aliphatic heterocycles. The van der Waals surface area contributed by atoms with Crippen LogP contribution >= 0.6 is 0 Å². The van der Waals surface area contributed by atoms with Gasteiger partial charge in [-0.1, -0.05) is 78.9 Å². The highest BCUT2D eigenvalue weighted by Gasteiger charge is 2.21. The molecule has 0 radical (unpaired) electrons. The average molecular weight is 387 g/mol. The van der Waals surface area contributed by atoms with Gasteiger partial charge in [-0.05, 0) is 29.0 Å². The van der Waals surface area contributed by atoms with Gasteiger partial charge in [0.25, 0.3) is 5.89 Å². The number of nitrogens with one attached hydrogen (secondary N) is 1. The summed E-state index contributed by atoms with van der Waals surface area (Å²) in [6, 6.07) is 32.8. The maximum absolute atomic E-state index is 6.15. The molecule has 4 heteroatoms. The Labute approximate surface area is 172 Å². The number of benzene rings is 4. The van der Waals surface area contributed by atoms with Crippen molar-refractivity contribution in [1.82, 2.24) is 15.2 Å². The van der Waals surface area contributed by atoms with Gasteiger partial charge in [0.05, 0.1) is 11.3 Å². The van der Waals surface area contributed by atoms with Gasteiger partial charge in [0, 0.05) is 22.0 Å². The van der Waals surface area contributed by atoms with Crippen LogP contribution in [0.3, 0.4) is 0 Å². The molecule has 6 aromatic rings. The van der Waals surface area contributed by atoms with Gasteiger partial charge in [-0.15, -0.1) is 10.2 Å². The van der Waals surface area contributed by atoms with Crippen LogP contribution in [-0.4, -0.2) is 15.2 Å². The van der Waals surface area contributed by atoms with E-state index in [1.807, 2.05) is 42.5 Å². The molecule has 0 fully saturated rings. The summed E-state index contributed by atoms with van der Waals surface area (Å²) in [7, 11) is 0. The number of rotatable bonds is 3. The first-order valence-electron chi connectivity index (χ1n) is 9.86. The highest BCUT2D eigenvalue weighted by atomic mass is 16.4. The monoisotopic (exact) mass is 387 g/mol. The smallest absolute Gasteiger partial charge is 0.250 e. The average Bonchev–Trinajstić information content (AvgIpc) is 3.44. The zero-order chi connectivity index (χ0) is 19.9. The van der Waals surface area contributed by atoms with E-state index < -0.39 is 0 Å². The lowest BCUT2D eigenvalue weighted by atomic mass is 9.99. The van der Waals surface area contributed by atoms with E-state index in [9.17, 15) is 0 Å². The molecule has 30 heavy (non-hydrogen) atoms. The van der Waals surface area contributed by atoms with Crippen LogP contribution in [0.15, 0.2) is 101 Å². The number of para-hydroxylation sites is 1. The van der Waals surface area contributed by atoms with Crippen molar-refractivity contribution in [3.05, 3.63) is 97.1 Å². The van der Waals surface area contributed by atoms with Crippen LogP contribution in [0.4, 0.5) is 0 Å². The van der Waals surface area contributed by atoms with E-state index in [0.29, 0.717) is 11.8 Å². The molecular formula is C26H17N3O. The van der Waals surface area contributed by atoms with Gasteiger partial charge >= 0.3 is 0 Å². The molecule has 0 unspecified atom stereocenters. The molecular weight excluding hydrogens is 370 g/mol. The molecule has 2 aromatic heterocycles. The topological polar surface area (TPSA) is 54.7 Å². The minimum atomic E-state index is 0.509. The van der Waals surface area contributed by atoms with E-state index in [-0.39, 0.29) is 0 Å². The fourth-order valence-electron chi connectivity index (χ4n) is 4.03. The molecule has 0 saturated heterocycles. The predicted octanol–water partition coefficient (Wildman–Crippen LogP) is 6.71. The van der Waals surface area contributed by atoms with Gasteiger partial charge in [0.15, 0.2) is 0 Å². The van der Waals surface area contributed by atoms with Crippen molar-refractivity contribution in [2.75, 3.05) is 0 Å². The molecule has 0 spiro atoms. The standard InChI is InChI=1S/C26H17N3O/c1-2-10-18(11-3-1)25-28-29-26(30-25)23-21-14-6-7-16-22(21)27-24(23)20-15-8-12-17-9-4-5-13-19(17)20/h1-16,27H. The number of hydrogen-bond acceptors (Lipinski definition) is 3. The third-order valence-electron chi connectivity index (χ3n) is 5.42. The minimum Gasteiger partial charge on any atom is -0.416 e. The van der Waals surface area contributed by atoms with Crippen molar-refractivity contribution in [2.45, 2.75) is 0 Å². The lowest BCUT2D eigenvalue weighted by Gasteiger charge is -2.07. The predicted molar refractivity (Wildman–Crippen MR) is 120 cm³/mol. The summed E-state index contributed by atoms with van der Waals surface area (Å²) in [4.78, 5) is 3.59. The Bertz CT molecular complexity index is 1490. The van der Waals surface area contributed by atoms with Gasteiger partial charge in [0.1, 0.15) is 0 Å². The molecule has 0 amide bonds. The highest BCUT2D eigenvalue weighted by Crippen LogP contribution is 2.40. The Balaban J connectivity index is 1.62. The third-order valence-corrected chi connectivity index (χ3v) is 5.42. The van der Waals surface area contributed by atoms with E-state index in [2.05, 4.69) is 69.8 Å². The molecule has 0 atom stereocenters.